The van der Waals surface area contributed by atoms with E-state index in [1.54, 1.807) is 6.20 Å². The minimum Gasteiger partial charge on any atom is -0.399 e. The summed E-state index contributed by atoms with van der Waals surface area (Å²) in [4.78, 5) is 4.05. The van der Waals surface area contributed by atoms with Crippen molar-refractivity contribution in [2.75, 3.05) is 23.3 Å². The summed E-state index contributed by atoms with van der Waals surface area (Å²) < 4.78 is 0. The molecule has 0 spiro atoms. The maximum atomic E-state index is 5.76. The van der Waals surface area contributed by atoms with E-state index in [2.05, 4.69) is 10.3 Å². The van der Waals surface area contributed by atoms with Crippen LogP contribution in [0.4, 0.5) is 17.2 Å². The highest BCUT2D eigenvalue weighted by Gasteiger charge is 1.98. The fourth-order valence-electron chi connectivity index (χ4n) is 1.60. The second kappa shape index (κ2) is 12.7. The van der Waals surface area contributed by atoms with Gasteiger partial charge in [0.2, 0.25) is 0 Å². The van der Waals surface area contributed by atoms with Crippen LogP contribution < -0.4 is 16.8 Å². The lowest BCUT2D eigenvalue weighted by molar-refractivity contribution is 1.01. The van der Waals surface area contributed by atoms with Crippen LogP contribution in [0.25, 0.3) is 0 Å². The van der Waals surface area contributed by atoms with Gasteiger partial charge in [-0.2, -0.15) is 0 Å². The zero-order valence-corrected chi connectivity index (χ0v) is 14.5. The van der Waals surface area contributed by atoms with Crippen molar-refractivity contribution >= 4 is 66.8 Å². The Morgan fingerprint density at radius 1 is 0.905 bits per heavy atom. The topological polar surface area (TPSA) is 77.0 Å². The zero-order chi connectivity index (χ0) is 12.1. The van der Waals surface area contributed by atoms with E-state index < -0.39 is 0 Å². The van der Waals surface area contributed by atoms with Crippen molar-refractivity contribution in [2.24, 2.45) is 0 Å². The van der Waals surface area contributed by atoms with Gasteiger partial charge in [0.1, 0.15) is 5.82 Å². The predicted octanol–water partition coefficient (Wildman–Crippen LogP) is 3.59. The molecule has 5 N–H and O–H groups in total. The number of nitrogens with one attached hydrogen (secondary N) is 1. The molecule has 1 aromatic carbocycles. The van der Waals surface area contributed by atoms with Crippen LogP contribution in [0.2, 0.25) is 0 Å². The van der Waals surface area contributed by atoms with Gasteiger partial charge in [0.25, 0.3) is 0 Å². The third-order valence-corrected chi connectivity index (χ3v) is 2.56. The van der Waals surface area contributed by atoms with Crippen molar-refractivity contribution in [2.45, 2.75) is 6.42 Å². The van der Waals surface area contributed by atoms with Gasteiger partial charge >= 0.3 is 0 Å². The second-order valence-corrected chi connectivity index (χ2v) is 3.85. The van der Waals surface area contributed by atoms with Crippen LogP contribution in [-0.4, -0.2) is 11.5 Å². The predicted molar refractivity (Wildman–Crippen MR) is 101 cm³/mol. The fourth-order valence-corrected chi connectivity index (χ4v) is 1.60. The van der Waals surface area contributed by atoms with Gasteiger partial charge in [0.05, 0.1) is 0 Å². The Labute approximate surface area is 149 Å². The summed E-state index contributed by atoms with van der Waals surface area (Å²) in [5, 5.41) is 3.31. The lowest BCUT2D eigenvalue weighted by atomic mass is 10.2. The van der Waals surface area contributed by atoms with Gasteiger partial charge in [-0.05, 0) is 42.3 Å². The maximum absolute atomic E-state index is 5.76. The fraction of sp³-hybridized carbons (Fsp3) is 0.154. The molecule has 0 radical (unpaired) electrons. The van der Waals surface area contributed by atoms with E-state index in [-0.39, 0.29) is 49.6 Å². The molecule has 4 nitrogen and oxygen atoms in total. The minimum absolute atomic E-state index is 0. The first-order chi connectivity index (χ1) is 8.25. The van der Waals surface area contributed by atoms with Crippen molar-refractivity contribution in [3.05, 3.63) is 48.2 Å². The average molecular weight is 374 g/mol. The van der Waals surface area contributed by atoms with E-state index in [0.717, 1.165) is 29.9 Å². The molecule has 0 unspecified atom stereocenters. The first kappa shape index (κ1) is 24.9. The number of nitrogens with zero attached hydrogens (tertiary/aromatic N) is 1. The molecule has 8 heteroatoms. The molecule has 120 valence electrons. The number of pyridine rings is 1. The van der Waals surface area contributed by atoms with E-state index in [1.807, 2.05) is 36.4 Å². The molecule has 0 aliphatic rings. The van der Waals surface area contributed by atoms with Crippen LogP contribution in [0, 0.1) is 0 Å². The standard InChI is InChI=1S/C13H16N4.4ClH/c14-11-3-5-12(6-4-11)16-9-7-10-2-1-8-17-13(10)15;;;;/h1-6,8,16H,7,9,14H2,(H2,15,17);4*1H. The van der Waals surface area contributed by atoms with E-state index in [1.165, 1.54) is 0 Å². The Balaban J connectivity index is -0.000000810. The van der Waals surface area contributed by atoms with E-state index in [9.17, 15) is 0 Å². The second-order valence-electron chi connectivity index (χ2n) is 3.85. The number of nitrogens with two attached hydrogens (primary N) is 2. The van der Waals surface area contributed by atoms with Crippen molar-refractivity contribution < 1.29 is 0 Å². The first-order valence-corrected chi connectivity index (χ1v) is 5.54. The monoisotopic (exact) mass is 372 g/mol. The van der Waals surface area contributed by atoms with Crippen LogP contribution in [0.15, 0.2) is 42.6 Å². The van der Waals surface area contributed by atoms with Gasteiger partial charge in [-0.15, -0.1) is 49.6 Å². The summed E-state index contributed by atoms with van der Waals surface area (Å²) in [7, 11) is 0. The Kier molecular flexibility index (Phi) is 15.0. The van der Waals surface area contributed by atoms with Crippen molar-refractivity contribution in [1.82, 2.24) is 4.98 Å². The first-order valence-electron chi connectivity index (χ1n) is 5.54. The van der Waals surface area contributed by atoms with E-state index in [4.69, 9.17) is 11.5 Å². The van der Waals surface area contributed by atoms with Gasteiger partial charge in [0, 0.05) is 24.1 Å². The van der Waals surface area contributed by atoms with Gasteiger partial charge in [-0.3, -0.25) is 0 Å². The quantitative estimate of drug-likeness (QED) is 0.715. The normalized spacial score (nSPS) is 8.19. The minimum atomic E-state index is 0. The number of aromatic nitrogens is 1. The summed E-state index contributed by atoms with van der Waals surface area (Å²) in [5.74, 6) is 0.603. The van der Waals surface area contributed by atoms with Crippen LogP contribution in [0.3, 0.4) is 0 Å². The largest absolute Gasteiger partial charge is 0.399 e. The average Bonchev–Trinajstić information content (AvgIpc) is 2.34. The van der Waals surface area contributed by atoms with Crippen molar-refractivity contribution in [3.63, 3.8) is 0 Å². The summed E-state index contributed by atoms with van der Waals surface area (Å²) in [6, 6.07) is 11.6. The third kappa shape index (κ3) is 8.07. The van der Waals surface area contributed by atoms with Gasteiger partial charge in [-0.25, -0.2) is 4.98 Å². The molecule has 0 saturated carbocycles. The highest BCUT2D eigenvalue weighted by atomic mass is 35.5. The molecular weight excluding hydrogens is 354 g/mol. The number of rotatable bonds is 4. The van der Waals surface area contributed by atoms with Crippen LogP contribution in [0.1, 0.15) is 5.56 Å². The van der Waals surface area contributed by atoms with Crippen LogP contribution >= 0.6 is 49.6 Å². The third-order valence-electron chi connectivity index (χ3n) is 2.56. The van der Waals surface area contributed by atoms with E-state index >= 15 is 0 Å². The lowest BCUT2D eigenvalue weighted by Gasteiger charge is -2.07. The Morgan fingerprint density at radius 3 is 2.10 bits per heavy atom. The number of nitrogen functional groups attached to an aromatic ring is 2. The SMILES string of the molecule is Cl.Cl.Cl.Cl.Nc1ccc(NCCc2cccnc2N)cc1. The molecule has 0 bridgehead atoms. The number of benzene rings is 1. The van der Waals surface area contributed by atoms with Crippen molar-refractivity contribution in [1.29, 1.82) is 0 Å². The number of hydrogen-bond donors (Lipinski definition) is 3. The van der Waals surface area contributed by atoms with Crippen molar-refractivity contribution in [3.8, 4) is 0 Å². The Hall–Kier alpha value is -1.07. The Bertz CT molecular complexity index is 494. The molecule has 0 aliphatic heterocycles. The molecule has 1 aromatic heterocycles. The highest BCUT2D eigenvalue weighted by molar-refractivity contribution is 5.86. The van der Waals surface area contributed by atoms with Crippen LogP contribution in [0.5, 0.6) is 0 Å². The molecule has 0 aliphatic carbocycles. The molecule has 2 aromatic rings. The highest BCUT2D eigenvalue weighted by Crippen LogP contribution is 2.12. The lowest BCUT2D eigenvalue weighted by Crippen LogP contribution is -2.07. The summed E-state index contributed by atoms with van der Waals surface area (Å²) in [5.41, 5.74) is 14.3. The maximum Gasteiger partial charge on any atom is 0.126 e. The molecular formula is C13H20Cl4N4. The molecule has 1 heterocycles. The summed E-state index contributed by atoms with van der Waals surface area (Å²) in [6.07, 6.45) is 2.55. The molecule has 21 heavy (non-hydrogen) atoms. The molecule has 0 fully saturated rings. The molecule has 0 saturated heterocycles. The summed E-state index contributed by atoms with van der Waals surface area (Å²) in [6.45, 7) is 0.819. The number of hydrogen-bond acceptors (Lipinski definition) is 4. The molecule has 0 amide bonds. The van der Waals surface area contributed by atoms with E-state index in [0.29, 0.717) is 5.82 Å². The van der Waals surface area contributed by atoms with Crippen LogP contribution in [-0.2, 0) is 6.42 Å². The number of anilines is 3. The van der Waals surface area contributed by atoms with Gasteiger partial charge in [-0.1, -0.05) is 6.07 Å². The zero-order valence-electron chi connectivity index (χ0n) is 11.2. The summed E-state index contributed by atoms with van der Waals surface area (Å²) >= 11 is 0. The molecule has 0 atom stereocenters. The smallest absolute Gasteiger partial charge is 0.126 e. The Morgan fingerprint density at radius 2 is 1.52 bits per heavy atom. The van der Waals surface area contributed by atoms with Gasteiger partial charge in [0.15, 0.2) is 0 Å². The molecule has 2 rings (SSSR count). The number of halogens is 4. The van der Waals surface area contributed by atoms with Gasteiger partial charge < -0.3 is 16.8 Å².